The molecule has 0 amide bonds. The van der Waals surface area contributed by atoms with E-state index in [0.29, 0.717) is 60.8 Å². The highest BCUT2D eigenvalue weighted by Crippen LogP contribution is 2.31. The molecule has 0 saturated heterocycles. The minimum absolute atomic E-state index is 0. The molecule has 0 saturated carbocycles. The number of aliphatic imine (C=N–C) groups is 3. The van der Waals surface area contributed by atoms with Gasteiger partial charge >= 0.3 is 0 Å². The van der Waals surface area contributed by atoms with Crippen LogP contribution in [0.5, 0.6) is 0 Å². The first-order chi connectivity index (χ1) is 39.2. The lowest BCUT2D eigenvalue weighted by Crippen LogP contribution is -1.90. The zero-order valence-corrected chi connectivity index (χ0v) is 49.0. The second kappa shape index (κ2) is 32.4. The maximum absolute atomic E-state index is 14.4. The smallest absolute Gasteiger partial charge is 0.209 e. The van der Waals surface area contributed by atoms with Gasteiger partial charge < -0.3 is 0 Å². The topological polar surface area (TPSA) is 75.8 Å². The van der Waals surface area contributed by atoms with E-state index in [1.54, 1.807) is 135 Å². The molecule has 0 radical (unpaired) electrons. The van der Waals surface area contributed by atoms with Gasteiger partial charge in [-0.15, -0.1) is 22.7 Å². The fraction of sp³-hybridized carbons (Fsp3) is 0.284. The van der Waals surface area contributed by atoms with Crippen molar-refractivity contribution in [2.24, 2.45) is 15.0 Å². The van der Waals surface area contributed by atoms with Crippen LogP contribution in [0.3, 0.4) is 0 Å². The van der Waals surface area contributed by atoms with Gasteiger partial charge in [-0.3, -0.25) is 9.98 Å². The lowest BCUT2D eigenvalue weighted by atomic mass is 10.0. The van der Waals surface area contributed by atoms with Crippen molar-refractivity contribution < 1.29 is 26.3 Å². The Morgan fingerprint density at radius 3 is 1.30 bits per heavy atom. The number of aryl methyl sites for hydroxylation is 6. The van der Waals surface area contributed by atoms with Crippen LogP contribution in [0.2, 0.25) is 0 Å². The number of hydrogen-bond donors (Lipinski definition) is 0. The molecule has 428 valence electrons. The molecule has 9 rings (SSSR count). The molecule has 3 heterocycles. The molecule has 82 heavy (non-hydrogen) atoms. The number of thiazole rings is 3. The van der Waals surface area contributed by atoms with Gasteiger partial charge in [0.25, 0.3) is 0 Å². The number of benzene rings is 6. The molecule has 9 aromatic rings. The lowest BCUT2D eigenvalue weighted by molar-refractivity contribution is 0.618. The predicted octanol–water partition coefficient (Wildman–Crippen LogP) is 21.3. The van der Waals surface area contributed by atoms with Gasteiger partial charge in [0.2, 0.25) is 5.13 Å². The minimum Gasteiger partial charge on any atom is -0.252 e. The van der Waals surface area contributed by atoms with Crippen LogP contribution < -0.4 is 0 Å². The van der Waals surface area contributed by atoms with Gasteiger partial charge in [0.1, 0.15) is 39.9 Å². The molecule has 6 aromatic carbocycles. The summed E-state index contributed by atoms with van der Waals surface area (Å²) in [6, 6.07) is 29.0. The van der Waals surface area contributed by atoms with Crippen LogP contribution in [0.15, 0.2) is 143 Å². The molecular weight excluding hydrogens is 1100 g/mol. The van der Waals surface area contributed by atoms with Crippen molar-refractivity contribution in [3.63, 3.8) is 0 Å². The van der Waals surface area contributed by atoms with E-state index < -0.39 is 17.5 Å². The standard InChI is InChI=1S/3C22H22F2N2S.CH4/c1-3-4-5-6-22-26-14-18(27-22)13-25-21-10-9-17(12-20(21)24)16-8-7-15(2)19(23)11-16;1-3-4-5-6-19-14-26-22(27-19)25-13-18-10-9-17(12-21(18)24)16-8-7-15(2)20(23)11-16;1-3-4-5-6-18-13-26-22(27-18)14-25-21-10-9-17(12-20(21)24)16-8-7-15(2)19(23)11-16;/h3*7-14H,3-6H2,1-2H3;1H4. The number of hydrogen-bond acceptors (Lipinski definition) is 9. The molecule has 15 heteroatoms. The summed E-state index contributed by atoms with van der Waals surface area (Å²) in [5, 5.41) is 2.48. The summed E-state index contributed by atoms with van der Waals surface area (Å²) >= 11 is 4.71. The second-order valence-corrected chi connectivity index (χ2v) is 22.9. The number of aromatic nitrogens is 3. The Bertz CT molecular complexity index is 3210. The molecule has 0 spiro atoms. The van der Waals surface area contributed by atoms with Crippen molar-refractivity contribution in [3.05, 3.63) is 210 Å². The normalized spacial score (nSPS) is 11.3. The summed E-state index contributed by atoms with van der Waals surface area (Å²) < 4.78 is 84.4. The van der Waals surface area contributed by atoms with E-state index >= 15 is 0 Å². The Kier molecular flexibility index (Phi) is 25.3. The largest absolute Gasteiger partial charge is 0.252 e. The van der Waals surface area contributed by atoms with Crippen LogP contribution in [0.25, 0.3) is 33.4 Å². The molecule has 0 unspecified atom stereocenters. The van der Waals surface area contributed by atoms with E-state index in [4.69, 9.17) is 0 Å². The van der Waals surface area contributed by atoms with Crippen molar-refractivity contribution in [1.29, 1.82) is 0 Å². The highest BCUT2D eigenvalue weighted by atomic mass is 32.1. The first kappa shape index (κ1) is 64.0. The average Bonchev–Trinajstić information content (AvgIpc) is 4.31. The van der Waals surface area contributed by atoms with Crippen molar-refractivity contribution in [3.8, 4) is 33.4 Å². The zero-order chi connectivity index (χ0) is 57.7. The maximum atomic E-state index is 14.4. The summed E-state index contributed by atoms with van der Waals surface area (Å²) in [5.41, 5.74) is 6.41. The summed E-state index contributed by atoms with van der Waals surface area (Å²) in [6.45, 7) is 11.6. The third-order valence-electron chi connectivity index (χ3n) is 13.1. The van der Waals surface area contributed by atoms with Crippen molar-refractivity contribution in [2.75, 3.05) is 0 Å². The van der Waals surface area contributed by atoms with Crippen LogP contribution in [0.4, 0.5) is 42.8 Å². The Hall–Kier alpha value is -7.20. The highest BCUT2D eigenvalue weighted by Gasteiger charge is 2.11. The molecule has 3 aromatic heterocycles. The summed E-state index contributed by atoms with van der Waals surface area (Å²) in [4.78, 5) is 29.1. The first-order valence-electron chi connectivity index (χ1n) is 27.3. The summed E-state index contributed by atoms with van der Waals surface area (Å²) in [5.74, 6) is -2.15. The van der Waals surface area contributed by atoms with Crippen LogP contribution in [0.1, 0.15) is 133 Å². The number of halogens is 6. The van der Waals surface area contributed by atoms with E-state index in [-0.39, 0.29) is 36.3 Å². The van der Waals surface area contributed by atoms with E-state index in [1.165, 1.54) is 102 Å². The summed E-state index contributed by atoms with van der Waals surface area (Å²) in [6.07, 6.45) is 23.9. The minimum atomic E-state index is -0.440. The zero-order valence-electron chi connectivity index (χ0n) is 46.5. The molecule has 0 atom stereocenters. The monoisotopic (exact) mass is 1170 g/mol. The summed E-state index contributed by atoms with van der Waals surface area (Å²) in [7, 11) is 0. The van der Waals surface area contributed by atoms with Crippen molar-refractivity contribution in [2.45, 2.75) is 126 Å². The Labute approximate surface area is 491 Å². The SMILES string of the molecule is C.CCCCCc1cnc(C=Nc2ccc(-c3ccc(C)c(F)c3)cc2F)s1.CCCCCc1cnc(N=Cc2ccc(-c3ccc(C)c(F)c3)cc2F)s1.CCCCCc1ncc(C=Nc2ccc(-c3ccc(C)c(F)c3)cc2F)s1. The molecule has 0 aliphatic carbocycles. The fourth-order valence-corrected chi connectivity index (χ4v) is 10.7. The Morgan fingerprint density at radius 2 is 0.829 bits per heavy atom. The van der Waals surface area contributed by atoms with Crippen molar-refractivity contribution >= 4 is 69.2 Å². The molecule has 0 bridgehead atoms. The van der Waals surface area contributed by atoms with Gasteiger partial charge in [0.15, 0.2) is 0 Å². The van der Waals surface area contributed by atoms with Gasteiger partial charge in [-0.2, -0.15) is 0 Å². The van der Waals surface area contributed by atoms with Crippen LogP contribution in [0, 0.1) is 55.7 Å². The van der Waals surface area contributed by atoms with E-state index in [9.17, 15) is 26.3 Å². The second-order valence-electron chi connectivity index (χ2n) is 19.5. The van der Waals surface area contributed by atoms with Crippen LogP contribution in [-0.4, -0.2) is 33.6 Å². The third kappa shape index (κ3) is 19.2. The first-order valence-corrected chi connectivity index (χ1v) is 29.8. The van der Waals surface area contributed by atoms with Crippen LogP contribution in [-0.2, 0) is 19.3 Å². The number of unbranched alkanes of at least 4 members (excludes halogenated alkanes) is 6. The van der Waals surface area contributed by atoms with Gasteiger partial charge in [0, 0.05) is 46.3 Å². The maximum Gasteiger partial charge on any atom is 0.209 e. The Morgan fingerprint density at radius 1 is 0.402 bits per heavy atom. The van der Waals surface area contributed by atoms with E-state index in [2.05, 4.69) is 50.7 Å². The molecule has 0 fully saturated rings. The molecule has 0 N–H and O–H groups in total. The molecule has 0 aliphatic heterocycles. The molecule has 6 nitrogen and oxygen atoms in total. The van der Waals surface area contributed by atoms with Gasteiger partial charge in [-0.25, -0.2) is 46.3 Å². The Balaban J connectivity index is 0.000000197. The van der Waals surface area contributed by atoms with E-state index in [0.717, 1.165) is 53.4 Å². The third-order valence-corrected chi connectivity index (χ3v) is 16.1. The average molecular weight is 1170 g/mol. The highest BCUT2D eigenvalue weighted by molar-refractivity contribution is 7.15. The molecule has 0 aliphatic rings. The fourth-order valence-electron chi connectivity index (χ4n) is 8.19. The molecular formula is C67H70F6N6S3. The van der Waals surface area contributed by atoms with Crippen LogP contribution >= 0.6 is 34.0 Å². The predicted molar refractivity (Wildman–Crippen MR) is 334 cm³/mol. The van der Waals surface area contributed by atoms with Crippen molar-refractivity contribution in [1.82, 2.24) is 15.0 Å². The van der Waals surface area contributed by atoms with Gasteiger partial charge in [-0.05, 0) is 164 Å². The van der Waals surface area contributed by atoms with Gasteiger partial charge in [-0.1, -0.05) is 133 Å². The number of nitrogens with zero attached hydrogens (tertiary/aromatic N) is 6. The van der Waals surface area contributed by atoms with E-state index in [1.807, 2.05) is 12.4 Å². The number of rotatable bonds is 21. The quantitative estimate of drug-likeness (QED) is 0.0409. The lowest BCUT2D eigenvalue weighted by Gasteiger charge is -2.05. The van der Waals surface area contributed by atoms with Gasteiger partial charge in [0.05, 0.1) is 27.5 Å².